The monoisotopic (exact) mass is 332 g/mol. The molecule has 21 heavy (non-hydrogen) atoms. The number of halogens is 4. The summed E-state index contributed by atoms with van der Waals surface area (Å²) in [7, 11) is 0. The maximum absolute atomic E-state index is 12.8. The first kappa shape index (κ1) is 17.9. The Hall–Kier alpha value is -1.19. The van der Waals surface area contributed by atoms with Gasteiger partial charge in [-0.1, -0.05) is 0 Å². The number of carbonyl (C=O) groups is 1. The standard InChI is InChI=1S/C11H16ClF3N2O4/c12-6-2-1-4(3-5(6)11(13,14)15)17-8(16)7(9(18)19)10(20)21/h4-6,9,17-19H,1-3,16H2,(H,20,21)/b8-7-. The second-order valence-electron chi connectivity index (χ2n) is 4.82. The molecule has 1 fully saturated rings. The van der Waals surface area contributed by atoms with Crippen molar-refractivity contribution in [1.82, 2.24) is 5.32 Å². The molecule has 0 aromatic heterocycles. The van der Waals surface area contributed by atoms with E-state index in [-0.39, 0.29) is 19.3 Å². The Morgan fingerprint density at radius 1 is 1.33 bits per heavy atom. The number of rotatable bonds is 4. The average Bonchev–Trinajstić information content (AvgIpc) is 2.29. The molecule has 122 valence electrons. The molecule has 0 saturated heterocycles. The number of aliphatic hydroxyl groups is 2. The maximum Gasteiger partial charge on any atom is 0.393 e. The van der Waals surface area contributed by atoms with Gasteiger partial charge in [0.25, 0.3) is 0 Å². The van der Waals surface area contributed by atoms with Gasteiger partial charge in [-0.3, -0.25) is 0 Å². The first-order valence-corrected chi connectivity index (χ1v) is 6.54. The van der Waals surface area contributed by atoms with Gasteiger partial charge < -0.3 is 26.4 Å². The van der Waals surface area contributed by atoms with Crippen LogP contribution in [-0.2, 0) is 4.79 Å². The van der Waals surface area contributed by atoms with Gasteiger partial charge in [-0.05, 0) is 19.3 Å². The molecule has 0 bridgehead atoms. The Morgan fingerprint density at radius 2 is 1.90 bits per heavy atom. The lowest BCUT2D eigenvalue weighted by Crippen LogP contribution is -2.45. The van der Waals surface area contributed by atoms with Crippen LogP contribution in [0.25, 0.3) is 0 Å². The van der Waals surface area contributed by atoms with Crippen molar-refractivity contribution in [2.75, 3.05) is 0 Å². The summed E-state index contributed by atoms with van der Waals surface area (Å²) in [5, 5.41) is 27.9. The second-order valence-corrected chi connectivity index (χ2v) is 5.39. The molecule has 0 aromatic carbocycles. The van der Waals surface area contributed by atoms with Gasteiger partial charge in [-0.2, -0.15) is 13.2 Å². The molecule has 1 rings (SSSR count). The van der Waals surface area contributed by atoms with E-state index >= 15 is 0 Å². The first-order chi connectivity index (χ1) is 9.54. The molecule has 0 aromatic rings. The average molecular weight is 333 g/mol. The van der Waals surface area contributed by atoms with Crippen molar-refractivity contribution in [3.63, 3.8) is 0 Å². The minimum atomic E-state index is -4.46. The SMILES string of the molecule is N/C(NC1CCC(Cl)C(C(F)(F)F)C1)=C(/C(=O)O)C(O)O. The normalized spacial score (nSPS) is 28.2. The maximum atomic E-state index is 12.8. The number of carboxylic acids is 1. The number of aliphatic hydroxyl groups excluding tert-OH is 1. The molecule has 3 atom stereocenters. The highest BCUT2D eigenvalue weighted by Gasteiger charge is 2.47. The van der Waals surface area contributed by atoms with E-state index in [4.69, 9.17) is 32.7 Å². The van der Waals surface area contributed by atoms with Gasteiger partial charge in [0.2, 0.25) is 0 Å². The van der Waals surface area contributed by atoms with E-state index in [9.17, 15) is 18.0 Å². The topological polar surface area (TPSA) is 116 Å². The lowest BCUT2D eigenvalue weighted by Gasteiger charge is -2.35. The van der Waals surface area contributed by atoms with Gasteiger partial charge in [0.05, 0.1) is 5.92 Å². The predicted molar refractivity (Wildman–Crippen MR) is 67.0 cm³/mol. The van der Waals surface area contributed by atoms with Crippen LogP contribution in [0.2, 0.25) is 0 Å². The Balaban J connectivity index is 2.84. The van der Waals surface area contributed by atoms with Crippen LogP contribution in [-0.4, -0.2) is 45.2 Å². The molecule has 1 aliphatic rings. The van der Waals surface area contributed by atoms with Crippen molar-refractivity contribution in [2.45, 2.75) is 43.1 Å². The molecule has 1 saturated carbocycles. The molecule has 0 radical (unpaired) electrons. The van der Waals surface area contributed by atoms with E-state index in [0.717, 1.165) is 0 Å². The van der Waals surface area contributed by atoms with Crippen LogP contribution in [0.4, 0.5) is 13.2 Å². The number of nitrogens with two attached hydrogens (primary N) is 1. The second kappa shape index (κ2) is 6.71. The van der Waals surface area contributed by atoms with E-state index in [1.54, 1.807) is 0 Å². The highest BCUT2D eigenvalue weighted by Crippen LogP contribution is 2.40. The van der Waals surface area contributed by atoms with Crippen LogP contribution >= 0.6 is 11.6 Å². The quantitative estimate of drug-likeness (QED) is 0.290. The molecule has 0 heterocycles. The summed E-state index contributed by atoms with van der Waals surface area (Å²) < 4.78 is 38.4. The van der Waals surface area contributed by atoms with Crippen LogP contribution in [0, 0.1) is 5.92 Å². The number of alkyl halides is 4. The number of hydrogen-bond donors (Lipinski definition) is 5. The van der Waals surface area contributed by atoms with Crippen LogP contribution in [0.3, 0.4) is 0 Å². The zero-order chi connectivity index (χ0) is 16.4. The summed E-state index contributed by atoms with van der Waals surface area (Å²) in [5.74, 6) is -3.98. The van der Waals surface area contributed by atoms with Crippen LogP contribution < -0.4 is 11.1 Å². The van der Waals surface area contributed by atoms with Crippen molar-refractivity contribution in [3.05, 3.63) is 11.4 Å². The van der Waals surface area contributed by atoms with Crippen LogP contribution in [0.15, 0.2) is 11.4 Å². The first-order valence-electron chi connectivity index (χ1n) is 6.10. The van der Waals surface area contributed by atoms with E-state index < -0.39 is 47.2 Å². The number of aliphatic carboxylic acids is 1. The minimum Gasteiger partial charge on any atom is -0.478 e. The Morgan fingerprint density at radius 3 is 2.33 bits per heavy atom. The predicted octanol–water partition coefficient (Wildman–Crippen LogP) is 0.480. The fourth-order valence-corrected chi connectivity index (χ4v) is 2.64. The minimum absolute atomic E-state index is 0.0841. The third-order valence-electron chi connectivity index (χ3n) is 3.32. The van der Waals surface area contributed by atoms with Crippen LogP contribution in [0.1, 0.15) is 19.3 Å². The molecule has 1 aliphatic carbocycles. The fraction of sp³-hybridized carbons (Fsp3) is 0.727. The van der Waals surface area contributed by atoms with Gasteiger partial charge in [-0.25, -0.2) is 4.79 Å². The summed E-state index contributed by atoms with van der Waals surface area (Å²) in [6.07, 6.45) is -6.82. The molecule has 0 amide bonds. The Labute approximate surface area is 123 Å². The van der Waals surface area contributed by atoms with Gasteiger partial charge in [0.1, 0.15) is 11.4 Å². The third kappa shape index (κ3) is 4.65. The van der Waals surface area contributed by atoms with Crippen molar-refractivity contribution < 1.29 is 33.3 Å². The van der Waals surface area contributed by atoms with E-state index in [0.29, 0.717) is 0 Å². The van der Waals surface area contributed by atoms with Crippen molar-refractivity contribution in [3.8, 4) is 0 Å². The zero-order valence-electron chi connectivity index (χ0n) is 10.8. The van der Waals surface area contributed by atoms with Gasteiger partial charge in [0.15, 0.2) is 6.29 Å². The Kier molecular flexibility index (Phi) is 5.71. The molecule has 6 nitrogen and oxygen atoms in total. The lowest BCUT2D eigenvalue weighted by molar-refractivity contribution is -0.182. The molecule has 0 aliphatic heterocycles. The third-order valence-corrected chi connectivity index (χ3v) is 3.85. The fourth-order valence-electron chi connectivity index (χ4n) is 2.27. The molecule has 10 heteroatoms. The summed E-state index contributed by atoms with van der Waals surface area (Å²) in [5.41, 5.74) is 4.48. The number of carboxylic acid groups (broad SMARTS) is 1. The van der Waals surface area contributed by atoms with E-state index in [2.05, 4.69) is 5.32 Å². The smallest absolute Gasteiger partial charge is 0.393 e. The number of hydrogen-bond acceptors (Lipinski definition) is 5. The highest BCUT2D eigenvalue weighted by atomic mass is 35.5. The van der Waals surface area contributed by atoms with Gasteiger partial charge in [-0.15, -0.1) is 11.6 Å². The summed E-state index contributed by atoms with van der Waals surface area (Å²) in [4.78, 5) is 10.8. The Bertz CT molecular complexity index is 428. The van der Waals surface area contributed by atoms with E-state index in [1.807, 2.05) is 0 Å². The molecular formula is C11H16ClF3N2O4. The van der Waals surface area contributed by atoms with Gasteiger partial charge >= 0.3 is 12.1 Å². The van der Waals surface area contributed by atoms with Crippen molar-refractivity contribution >= 4 is 17.6 Å². The van der Waals surface area contributed by atoms with Crippen molar-refractivity contribution in [2.24, 2.45) is 11.7 Å². The van der Waals surface area contributed by atoms with Gasteiger partial charge in [0, 0.05) is 11.4 Å². The van der Waals surface area contributed by atoms with Crippen LogP contribution in [0.5, 0.6) is 0 Å². The molecular weight excluding hydrogens is 317 g/mol. The lowest BCUT2D eigenvalue weighted by atomic mass is 9.84. The zero-order valence-corrected chi connectivity index (χ0v) is 11.5. The van der Waals surface area contributed by atoms with E-state index in [1.165, 1.54) is 0 Å². The largest absolute Gasteiger partial charge is 0.478 e. The highest BCUT2D eigenvalue weighted by molar-refractivity contribution is 6.20. The summed E-state index contributed by atoms with van der Waals surface area (Å²) >= 11 is 5.67. The summed E-state index contributed by atoms with van der Waals surface area (Å²) in [6.45, 7) is 0. The molecule has 6 N–H and O–H groups in total. The number of nitrogens with one attached hydrogen (secondary N) is 1. The molecule has 3 unspecified atom stereocenters. The van der Waals surface area contributed by atoms with Crippen molar-refractivity contribution in [1.29, 1.82) is 0 Å². The summed E-state index contributed by atoms with van der Waals surface area (Å²) in [6, 6.07) is -0.750. The molecule has 0 spiro atoms.